The number of carbonyl (C=O) groups is 1. The van der Waals surface area contributed by atoms with E-state index in [1.54, 1.807) is 0 Å². The molecule has 0 saturated carbocycles. The first-order valence-electron chi connectivity index (χ1n) is 8.08. The second-order valence-electron chi connectivity index (χ2n) is 6.17. The molecular weight excluding hydrogens is 250 g/mol. The van der Waals surface area contributed by atoms with Crippen LogP contribution in [0.25, 0.3) is 0 Å². The Labute approximate surface area is 123 Å². The lowest BCUT2D eigenvalue weighted by atomic mass is 10.0. The van der Waals surface area contributed by atoms with Gasteiger partial charge in [0, 0.05) is 37.4 Å². The Morgan fingerprint density at radius 2 is 2.25 bits per heavy atom. The lowest BCUT2D eigenvalue weighted by Crippen LogP contribution is -2.56. The average molecular weight is 279 g/mol. The van der Waals surface area contributed by atoms with E-state index in [0.29, 0.717) is 18.6 Å². The molecule has 1 aliphatic carbocycles. The zero-order valence-corrected chi connectivity index (χ0v) is 13.2. The summed E-state index contributed by atoms with van der Waals surface area (Å²) < 4.78 is 0. The van der Waals surface area contributed by atoms with Gasteiger partial charge in [0.25, 0.3) is 0 Å². The van der Waals surface area contributed by atoms with Gasteiger partial charge in [-0.3, -0.25) is 9.69 Å². The molecular formula is C16H29N3O. The molecule has 2 aliphatic rings. The number of piperazine rings is 1. The van der Waals surface area contributed by atoms with Crippen molar-refractivity contribution in [1.29, 1.82) is 0 Å². The van der Waals surface area contributed by atoms with Crippen molar-refractivity contribution in [3.63, 3.8) is 0 Å². The van der Waals surface area contributed by atoms with Crippen LogP contribution in [0.5, 0.6) is 0 Å². The summed E-state index contributed by atoms with van der Waals surface area (Å²) in [5.74, 6) is 0.265. The molecule has 1 aliphatic heterocycles. The standard InChI is InChI=1S/C16H29N3O/c1-4-19(15-8-6-5-7-9-15)16(20)12-18-11-13(2)17-10-14(18)3/h8,13-14,17H,4-7,9-12H2,1-3H3. The van der Waals surface area contributed by atoms with Crippen LogP contribution in [0.15, 0.2) is 11.8 Å². The third-order valence-electron chi connectivity index (χ3n) is 4.46. The molecule has 0 radical (unpaired) electrons. The molecule has 0 spiro atoms. The molecule has 1 N–H and O–H groups in total. The van der Waals surface area contributed by atoms with Crippen LogP contribution < -0.4 is 5.32 Å². The summed E-state index contributed by atoms with van der Waals surface area (Å²) >= 11 is 0. The minimum Gasteiger partial charge on any atom is -0.316 e. The Kier molecular flexibility index (Phi) is 5.61. The quantitative estimate of drug-likeness (QED) is 0.854. The number of amides is 1. The van der Waals surface area contributed by atoms with Gasteiger partial charge in [-0.15, -0.1) is 0 Å². The lowest BCUT2D eigenvalue weighted by Gasteiger charge is -2.38. The van der Waals surface area contributed by atoms with Gasteiger partial charge in [0.15, 0.2) is 0 Å². The Bertz CT molecular complexity index is 367. The Balaban J connectivity index is 1.96. The van der Waals surface area contributed by atoms with Crippen LogP contribution in [0.2, 0.25) is 0 Å². The molecule has 2 atom stereocenters. The Hall–Kier alpha value is -0.870. The molecule has 0 aromatic carbocycles. The highest BCUT2D eigenvalue weighted by Crippen LogP contribution is 2.21. The fraction of sp³-hybridized carbons (Fsp3) is 0.812. The largest absolute Gasteiger partial charge is 0.316 e. The van der Waals surface area contributed by atoms with Gasteiger partial charge in [-0.1, -0.05) is 6.08 Å². The molecule has 0 aromatic heterocycles. The molecule has 1 heterocycles. The van der Waals surface area contributed by atoms with Gasteiger partial charge in [0.2, 0.25) is 5.91 Å². The van der Waals surface area contributed by atoms with E-state index >= 15 is 0 Å². The molecule has 0 bridgehead atoms. The number of nitrogens with one attached hydrogen (secondary N) is 1. The first-order valence-corrected chi connectivity index (χ1v) is 8.08. The maximum Gasteiger partial charge on any atom is 0.240 e. The minimum absolute atomic E-state index is 0.265. The zero-order valence-electron chi connectivity index (χ0n) is 13.2. The van der Waals surface area contributed by atoms with Crippen molar-refractivity contribution in [2.75, 3.05) is 26.2 Å². The smallest absolute Gasteiger partial charge is 0.240 e. The third-order valence-corrected chi connectivity index (χ3v) is 4.46. The van der Waals surface area contributed by atoms with Gasteiger partial charge in [-0.2, -0.15) is 0 Å². The molecule has 1 fully saturated rings. The first kappa shape index (κ1) is 15.5. The lowest BCUT2D eigenvalue weighted by molar-refractivity contribution is -0.131. The van der Waals surface area contributed by atoms with E-state index in [4.69, 9.17) is 0 Å². The molecule has 4 nitrogen and oxygen atoms in total. The van der Waals surface area contributed by atoms with Gasteiger partial charge in [-0.05, 0) is 46.5 Å². The Morgan fingerprint density at radius 3 is 2.90 bits per heavy atom. The second kappa shape index (κ2) is 7.23. The molecule has 20 heavy (non-hydrogen) atoms. The summed E-state index contributed by atoms with van der Waals surface area (Å²) in [5.41, 5.74) is 1.25. The van der Waals surface area contributed by atoms with E-state index in [0.717, 1.165) is 32.5 Å². The van der Waals surface area contributed by atoms with E-state index in [1.807, 2.05) is 4.90 Å². The summed E-state index contributed by atoms with van der Waals surface area (Å²) in [6, 6.07) is 0.914. The first-order chi connectivity index (χ1) is 9.61. The van der Waals surface area contributed by atoms with Crippen molar-refractivity contribution >= 4 is 5.91 Å². The van der Waals surface area contributed by atoms with Gasteiger partial charge in [0.1, 0.15) is 0 Å². The number of hydrogen-bond donors (Lipinski definition) is 1. The van der Waals surface area contributed by atoms with Crippen LogP contribution in [0.1, 0.15) is 46.5 Å². The van der Waals surface area contributed by atoms with Crippen molar-refractivity contribution in [3.05, 3.63) is 11.8 Å². The zero-order chi connectivity index (χ0) is 14.5. The van der Waals surface area contributed by atoms with Crippen LogP contribution in [-0.4, -0.2) is 54.0 Å². The van der Waals surface area contributed by atoms with E-state index < -0.39 is 0 Å². The normalized spacial score (nSPS) is 28.1. The summed E-state index contributed by atoms with van der Waals surface area (Å²) in [5, 5.41) is 3.46. The minimum atomic E-state index is 0.265. The highest BCUT2D eigenvalue weighted by molar-refractivity contribution is 5.80. The van der Waals surface area contributed by atoms with E-state index in [-0.39, 0.29) is 5.91 Å². The molecule has 1 amide bonds. The predicted octanol–water partition coefficient (Wildman–Crippen LogP) is 1.97. The highest BCUT2D eigenvalue weighted by Gasteiger charge is 2.26. The van der Waals surface area contributed by atoms with E-state index in [1.165, 1.54) is 18.5 Å². The van der Waals surface area contributed by atoms with Crippen LogP contribution >= 0.6 is 0 Å². The number of allylic oxidation sites excluding steroid dienone is 2. The highest BCUT2D eigenvalue weighted by atomic mass is 16.2. The van der Waals surface area contributed by atoms with Crippen molar-refractivity contribution < 1.29 is 4.79 Å². The maximum atomic E-state index is 12.6. The fourth-order valence-corrected chi connectivity index (χ4v) is 3.18. The van der Waals surface area contributed by atoms with Crippen LogP contribution in [0.3, 0.4) is 0 Å². The van der Waals surface area contributed by atoms with Gasteiger partial charge in [-0.25, -0.2) is 0 Å². The molecule has 2 unspecified atom stereocenters. The van der Waals surface area contributed by atoms with Crippen molar-refractivity contribution in [2.24, 2.45) is 0 Å². The van der Waals surface area contributed by atoms with E-state index in [2.05, 4.69) is 37.1 Å². The van der Waals surface area contributed by atoms with Crippen LogP contribution in [-0.2, 0) is 4.79 Å². The van der Waals surface area contributed by atoms with Crippen molar-refractivity contribution in [1.82, 2.24) is 15.1 Å². The summed E-state index contributed by atoms with van der Waals surface area (Å²) in [6.45, 7) is 9.75. The number of likely N-dealkylation sites (N-methyl/N-ethyl adjacent to an activating group) is 1. The molecule has 1 saturated heterocycles. The third kappa shape index (κ3) is 3.83. The summed E-state index contributed by atoms with van der Waals surface area (Å²) in [6.07, 6.45) is 6.93. The fourth-order valence-electron chi connectivity index (χ4n) is 3.18. The van der Waals surface area contributed by atoms with Gasteiger partial charge < -0.3 is 10.2 Å². The number of rotatable bonds is 4. The average Bonchev–Trinajstić information content (AvgIpc) is 2.45. The SMILES string of the molecule is CCN(C(=O)CN1CC(C)NCC1C)C1=CCCCC1. The molecule has 4 heteroatoms. The van der Waals surface area contributed by atoms with Crippen LogP contribution in [0.4, 0.5) is 0 Å². The van der Waals surface area contributed by atoms with Gasteiger partial charge >= 0.3 is 0 Å². The number of nitrogens with zero attached hydrogens (tertiary/aromatic N) is 2. The molecule has 0 aromatic rings. The summed E-state index contributed by atoms with van der Waals surface area (Å²) in [7, 11) is 0. The van der Waals surface area contributed by atoms with E-state index in [9.17, 15) is 4.79 Å². The van der Waals surface area contributed by atoms with Crippen molar-refractivity contribution in [3.8, 4) is 0 Å². The van der Waals surface area contributed by atoms with Crippen molar-refractivity contribution in [2.45, 2.75) is 58.5 Å². The maximum absolute atomic E-state index is 12.6. The number of carbonyl (C=O) groups excluding carboxylic acids is 1. The number of hydrogen-bond acceptors (Lipinski definition) is 3. The second-order valence-corrected chi connectivity index (χ2v) is 6.17. The van der Waals surface area contributed by atoms with Gasteiger partial charge in [0.05, 0.1) is 6.54 Å². The topological polar surface area (TPSA) is 35.6 Å². The monoisotopic (exact) mass is 279 g/mol. The van der Waals surface area contributed by atoms with Crippen LogP contribution in [0, 0.1) is 0 Å². The Morgan fingerprint density at radius 1 is 1.45 bits per heavy atom. The molecule has 2 rings (SSSR count). The molecule has 114 valence electrons. The predicted molar refractivity (Wildman–Crippen MR) is 82.4 cm³/mol. The summed E-state index contributed by atoms with van der Waals surface area (Å²) in [4.78, 5) is 16.9.